The second kappa shape index (κ2) is 4.72. The molecule has 19 heavy (non-hydrogen) atoms. The zero-order valence-corrected chi connectivity index (χ0v) is 10.4. The van der Waals surface area contributed by atoms with E-state index in [1.165, 1.54) is 0 Å². The first kappa shape index (κ1) is 11.7. The number of nitrogens with two attached hydrogens (primary N) is 1. The average molecular weight is 257 g/mol. The molecule has 2 aromatic rings. The fourth-order valence-corrected chi connectivity index (χ4v) is 2.04. The van der Waals surface area contributed by atoms with E-state index in [1.807, 2.05) is 17.0 Å². The summed E-state index contributed by atoms with van der Waals surface area (Å²) < 4.78 is 0. The molecule has 0 unspecified atom stereocenters. The van der Waals surface area contributed by atoms with Gasteiger partial charge in [0, 0.05) is 31.0 Å². The van der Waals surface area contributed by atoms with Crippen molar-refractivity contribution in [2.45, 2.75) is 25.4 Å². The van der Waals surface area contributed by atoms with Crippen LogP contribution < -0.4 is 5.73 Å². The van der Waals surface area contributed by atoms with Gasteiger partial charge in [-0.15, -0.1) is 0 Å². The van der Waals surface area contributed by atoms with E-state index in [2.05, 4.69) is 15.2 Å². The van der Waals surface area contributed by atoms with Gasteiger partial charge in [0.15, 0.2) is 0 Å². The molecule has 0 aliphatic heterocycles. The van der Waals surface area contributed by atoms with Gasteiger partial charge in [0.25, 0.3) is 5.91 Å². The third kappa shape index (κ3) is 2.57. The number of hydrogen-bond donors (Lipinski definition) is 2. The van der Waals surface area contributed by atoms with Gasteiger partial charge in [-0.2, -0.15) is 5.10 Å². The Labute approximate surface area is 110 Å². The molecule has 6 heteroatoms. The molecule has 1 aliphatic rings. The van der Waals surface area contributed by atoms with Gasteiger partial charge in [-0.05, 0) is 30.5 Å². The molecule has 3 N–H and O–H groups in total. The Morgan fingerprint density at radius 2 is 2.16 bits per heavy atom. The van der Waals surface area contributed by atoms with E-state index in [4.69, 9.17) is 5.73 Å². The lowest BCUT2D eigenvalue weighted by Gasteiger charge is -2.21. The van der Waals surface area contributed by atoms with Crippen molar-refractivity contribution in [3.63, 3.8) is 0 Å². The highest BCUT2D eigenvalue weighted by Crippen LogP contribution is 2.29. The van der Waals surface area contributed by atoms with Crippen LogP contribution in [0.15, 0.2) is 30.6 Å². The molecule has 0 spiro atoms. The minimum absolute atomic E-state index is 0.0523. The third-order valence-corrected chi connectivity index (χ3v) is 3.18. The molecular weight excluding hydrogens is 242 g/mol. The zero-order chi connectivity index (χ0) is 13.2. The number of H-pyrrole nitrogens is 1. The molecule has 98 valence electrons. The molecular formula is C13H15N5O. The number of anilines is 1. The van der Waals surface area contributed by atoms with Crippen molar-refractivity contribution in [2.24, 2.45) is 0 Å². The van der Waals surface area contributed by atoms with E-state index in [-0.39, 0.29) is 5.91 Å². The van der Waals surface area contributed by atoms with Gasteiger partial charge in [-0.25, -0.2) is 0 Å². The normalized spacial score (nSPS) is 14.3. The highest BCUT2D eigenvalue weighted by Gasteiger charge is 2.33. The number of carbonyl (C=O) groups is 1. The SMILES string of the molecule is Nc1cc(C(=O)N(Cc2ccncc2)C2CC2)[nH]n1. The standard InChI is InChI=1S/C13H15N5O/c14-12-7-11(16-17-12)13(19)18(10-1-2-10)8-9-3-5-15-6-4-9/h3-7,10H,1-2,8H2,(H3,14,16,17). The summed E-state index contributed by atoms with van der Waals surface area (Å²) in [5.74, 6) is 0.284. The van der Waals surface area contributed by atoms with Crippen molar-refractivity contribution in [1.29, 1.82) is 0 Å². The monoisotopic (exact) mass is 257 g/mol. The molecule has 0 atom stereocenters. The number of nitrogens with one attached hydrogen (secondary N) is 1. The van der Waals surface area contributed by atoms with Crippen molar-refractivity contribution in [3.8, 4) is 0 Å². The van der Waals surface area contributed by atoms with Crippen molar-refractivity contribution < 1.29 is 4.79 Å². The third-order valence-electron chi connectivity index (χ3n) is 3.18. The van der Waals surface area contributed by atoms with Gasteiger partial charge in [0.2, 0.25) is 0 Å². The predicted octanol–water partition coefficient (Wildman–Crippen LogP) is 1.19. The highest BCUT2D eigenvalue weighted by molar-refractivity contribution is 5.93. The smallest absolute Gasteiger partial charge is 0.272 e. The van der Waals surface area contributed by atoms with E-state index in [1.54, 1.807) is 18.5 Å². The fraction of sp³-hybridized carbons (Fsp3) is 0.308. The molecule has 1 amide bonds. The van der Waals surface area contributed by atoms with E-state index in [9.17, 15) is 4.79 Å². The molecule has 1 aliphatic carbocycles. The Balaban J connectivity index is 1.79. The topological polar surface area (TPSA) is 87.9 Å². The Morgan fingerprint density at radius 3 is 2.74 bits per heavy atom. The maximum atomic E-state index is 12.4. The van der Waals surface area contributed by atoms with Crippen molar-refractivity contribution in [2.75, 3.05) is 5.73 Å². The average Bonchev–Trinajstić information content (AvgIpc) is 3.18. The zero-order valence-electron chi connectivity index (χ0n) is 10.4. The second-order valence-electron chi connectivity index (χ2n) is 4.73. The maximum absolute atomic E-state index is 12.4. The molecule has 2 heterocycles. The van der Waals surface area contributed by atoms with Crippen molar-refractivity contribution in [3.05, 3.63) is 41.9 Å². The van der Waals surface area contributed by atoms with Gasteiger partial charge < -0.3 is 10.6 Å². The highest BCUT2D eigenvalue weighted by atomic mass is 16.2. The number of nitrogens with zero attached hydrogens (tertiary/aromatic N) is 3. The molecule has 0 bridgehead atoms. The summed E-state index contributed by atoms with van der Waals surface area (Å²) in [5.41, 5.74) is 7.05. The quantitative estimate of drug-likeness (QED) is 0.861. The van der Waals surface area contributed by atoms with Crippen LogP contribution in [0.1, 0.15) is 28.9 Å². The molecule has 3 rings (SSSR count). The van der Waals surface area contributed by atoms with Crippen LogP contribution in [0.3, 0.4) is 0 Å². The number of rotatable bonds is 4. The lowest BCUT2D eigenvalue weighted by atomic mass is 10.2. The molecule has 1 fully saturated rings. The fourth-order valence-electron chi connectivity index (χ4n) is 2.04. The summed E-state index contributed by atoms with van der Waals surface area (Å²) in [5, 5.41) is 6.48. The summed E-state index contributed by atoms with van der Waals surface area (Å²) in [6.45, 7) is 0.588. The summed E-state index contributed by atoms with van der Waals surface area (Å²) >= 11 is 0. The summed E-state index contributed by atoms with van der Waals surface area (Å²) in [6, 6.07) is 5.74. The molecule has 0 radical (unpaired) electrons. The van der Waals surface area contributed by atoms with Crippen LogP contribution in [0.4, 0.5) is 5.82 Å². The predicted molar refractivity (Wildman–Crippen MR) is 70.1 cm³/mol. The van der Waals surface area contributed by atoms with Gasteiger partial charge in [0.1, 0.15) is 11.5 Å². The van der Waals surface area contributed by atoms with E-state index < -0.39 is 0 Å². The van der Waals surface area contributed by atoms with E-state index >= 15 is 0 Å². The summed E-state index contributed by atoms with van der Waals surface area (Å²) in [6.07, 6.45) is 5.58. The summed E-state index contributed by atoms with van der Waals surface area (Å²) in [4.78, 5) is 18.3. The second-order valence-corrected chi connectivity index (χ2v) is 4.73. The van der Waals surface area contributed by atoms with Crippen LogP contribution in [-0.2, 0) is 6.54 Å². The van der Waals surface area contributed by atoms with E-state index in [0.717, 1.165) is 18.4 Å². The number of pyridine rings is 1. The Morgan fingerprint density at radius 1 is 1.42 bits per heavy atom. The number of aromatic amines is 1. The first-order valence-electron chi connectivity index (χ1n) is 6.25. The number of carbonyl (C=O) groups excluding carboxylic acids is 1. The van der Waals surface area contributed by atoms with E-state index in [0.29, 0.717) is 24.1 Å². The van der Waals surface area contributed by atoms with Crippen LogP contribution in [0.5, 0.6) is 0 Å². The van der Waals surface area contributed by atoms with Crippen LogP contribution in [0, 0.1) is 0 Å². The molecule has 0 aromatic carbocycles. The number of hydrogen-bond acceptors (Lipinski definition) is 4. The first-order chi connectivity index (χ1) is 9.24. The van der Waals surface area contributed by atoms with Crippen LogP contribution in [-0.4, -0.2) is 32.0 Å². The van der Waals surface area contributed by atoms with Crippen LogP contribution in [0.2, 0.25) is 0 Å². The Bertz CT molecular complexity index is 576. The molecule has 1 saturated carbocycles. The number of aromatic nitrogens is 3. The lowest BCUT2D eigenvalue weighted by Crippen LogP contribution is -2.32. The van der Waals surface area contributed by atoms with Gasteiger partial charge in [-0.1, -0.05) is 0 Å². The summed E-state index contributed by atoms with van der Waals surface area (Å²) in [7, 11) is 0. The largest absolute Gasteiger partial charge is 0.382 e. The molecule has 0 saturated heterocycles. The molecule has 6 nitrogen and oxygen atoms in total. The van der Waals surface area contributed by atoms with Crippen molar-refractivity contribution >= 4 is 11.7 Å². The van der Waals surface area contributed by atoms with Gasteiger partial charge in [-0.3, -0.25) is 14.9 Å². The van der Waals surface area contributed by atoms with Gasteiger partial charge in [0.05, 0.1) is 0 Å². The van der Waals surface area contributed by atoms with Crippen LogP contribution >= 0.6 is 0 Å². The Kier molecular flexibility index (Phi) is 2.91. The van der Waals surface area contributed by atoms with Crippen molar-refractivity contribution in [1.82, 2.24) is 20.1 Å². The lowest BCUT2D eigenvalue weighted by molar-refractivity contribution is 0.0724. The minimum atomic E-state index is -0.0523. The first-order valence-corrected chi connectivity index (χ1v) is 6.25. The van der Waals surface area contributed by atoms with Crippen LogP contribution in [0.25, 0.3) is 0 Å². The maximum Gasteiger partial charge on any atom is 0.272 e. The Hall–Kier alpha value is -2.37. The van der Waals surface area contributed by atoms with Gasteiger partial charge >= 0.3 is 0 Å². The minimum Gasteiger partial charge on any atom is -0.382 e. The number of nitrogen functional groups attached to an aromatic ring is 1. The number of amides is 1. The molecule has 2 aromatic heterocycles.